The van der Waals surface area contributed by atoms with Gasteiger partial charge in [0.1, 0.15) is 5.82 Å². The number of pyridine rings is 1. The quantitative estimate of drug-likeness (QED) is 0.518. The molecule has 1 saturated heterocycles. The van der Waals surface area contributed by atoms with Crippen molar-refractivity contribution in [3.05, 3.63) is 51.4 Å². The number of carboxylic acid groups (broad SMARTS) is 1. The zero-order valence-corrected chi connectivity index (χ0v) is 17.6. The van der Waals surface area contributed by atoms with Gasteiger partial charge in [-0.1, -0.05) is 21.1 Å². The van der Waals surface area contributed by atoms with E-state index in [9.17, 15) is 4.79 Å². The molecule has 1 aliphatic heterocycles. The summed E-state index contributed by atoms with van der Waals surface area (Å²) in [6.07, 6.45) is 1.42. The van der Waals surface area contributed by atoms with Crippen LogP contribution in [0, 0.1) is 0 Å². The van der Waals surface area contributed by atoms with Crippen LogP contribution in [0.15, 0.2) is 50.0 Å². The van der Waals surface area contributed by atoms with Crippen molar-refractivity contribution in [3.63, 3.8) is 0 Å². The summed E-state index contributed by atoms with van der Waals surface area (Å²) in [4.78, 5) is 21.2. The fourth-order valence-corrected chi connectivity index (χ4v) is 3.69. The molecular formula is C18H15Br2N5O3. The van der Waals surface area contributed by atoms with E-state index in [1.165, 1.54) is 4.90 Å². The highest BCUT2D eigenvalue weighted by Crippen LogP contribution is 2.30. The van der Waals surface area contributed by atoms with Crippen molar-refractivity contribution in [2.24, 2.45) is 0 Å². The molecular weight excluding hydrogens is 494 g/mol. The molecule has 2 N–H and O–H groups in total. The van der Waals surface area contributed by atoms with Gasteiger partial charge in [-0.25, -0.2) is 9.78 Å². The molecule has 0 unspecified atom stereocenters. The van der Waals surface area contributed by atoms with Crippen molar-refractivity contribution >= 4 is 49.5 Å². The Labute approximate surface area is 177 Å². The van der Waals surface area contributed by atoms with Gasteiger partial charge in [-0.3, -0.25) is 0 Å². The summed E-state index contributed by atoms with van der Waals surface area (Å²) in [5, 5.41) is 16.3. The SMILES string of the molecule is O=C(O)N1CC[C@@H](c2nc(-c3ccc(Nc4cc(Br)ccc4Br)nc3)no2)C1. The molecule has 0 radical (unpaired) electrons. The van der Waals surface area contributed by atoms with E-state index in [0.717, 1.165) is 20.2 Å². The van der Waals surface area contributed by atoms with E-state index in [4.69, 9.17) is 9.63 Å². The van der Waals surface area contributed by atoms with Crippen molar-refractivity contribution in [2.75, 3.05) is 18.4 Å². The number of likely N-dealkylation sites (tertiary alicyclic amines) is 1. The van der Waals surface area contributed by atoms with Gasteiger partial charge in [-0.2, -0.15) is 4.98 Å². The summed E-state index contributed by atoms with van der Waals surface area (Å²) in [5.74, 6) is 1.50. The zero-order valence-electron chi connectivity index (χ0n) is 14.5. The predicted octanol–water partition coefficient (Wildman–Crippen LogP) is 4.87. The molecule has 3 heterocycles. The molecule has 1 fully saturated rings. The van der Waals surface area contributed by atoms with E-state index in [2.05, 4.69) is 52.3 Å². The summed E-state index contributed by atoms with van der Waals surface area (Å²) >= 11 is 6.95. The molecule has 1 aromatic carbocycles. The van der Waals surface area contributed by atoms with Gasteiger partial charge in [0.05, 0.1) is 11.6 Å². The Balaban J connectivity index is 1.47. The average Bonchev–Trinajstić information content (AvgIpc) is 3.35. The highest BCUT2D eigenvalue weighted by atomic mass is 79.9. The van der Waals surface area contributed by atoms with Gasteiger partial charge in [-0.05, 0) is 52.7 Å². The van der Waals surface area contributed by atoms with Gasteiger partial charge < -0.3 is 19.8 Å². The fourth-order valence-electron chi connectivity index (χ4n) is 2.99. The van der Waals surface area contributed by atoms with Crippen LogP contribution in [-0.2, 0) is 0 Å². The third-order valence-corrected chi connectivity index (χ3v) is 5.65. The van der Waals surface area contributed by atoms with Crippen LogP contribution in [0.25, 0.3) is 11.4 Å². The normalized spacial score (nSPS) is 16.4. The van der Waals surface area contributed by atoms with Crippen LogP contribution in [0.5, 0.6) is 0 Å². The first-order valence-corrected chi connectivity index (χ1v) is 10.1. The molecule has 4 rings (SSSR count). The van der Waals surface area contributed by atoms with Crippen LogP contribution >= 0.6 is 31.9 Å². The van der Waals surface area contributed by atoms with Crippen LogP contribution in [0.4, 0.5) is 16.3 Å². The topological polar surface area (TPSA) is 104 Å². The molecule has 0 aliphatic carbocycles. The Morgan fingerprint density at radius 1 is 1.29 bits per heavy atom. The van der Waals surface area contributed by atoms with Crippen LogP contribution in [-0.4, -0.2) is 44.3 Å². The summed E-state index contributed by atoms with van der Waals surface area (Å²) in [7, 11) is 0. The second-order valence-corrected chi connectivity index (χ2v) is 8.12. The number of halogens is 2. The minimum absolute atomic E-state index is 0.0693. The van der Waals surface area contributed by atoms with Crippen LogP contribution in [0.1, 0.15) is 18.2 Å². The Bertz CT molecular complexity index is 1010. The lowest BCUT2D eigenvalue weighted by atomic mass is 10.1. The molecule has 1 atom stereocenters. The number of aromatic nitrogens is 3. The number of nitrogens with one attached hydrogen (secondary N) is 1. The number of hydrogen-bond acceptors (Lipinski definition) is 6. The molecule has 3 aromatic rings. The molecule has 0 bridgehead atoms. The Kier molecular flexibility index (Phi) is 5.31. The highest BCUT2D eigenvalue weighted by molar-refractivity contribution is 9.11. The molecule has 2 aromatic heterocycles. The van der Waals surface area contributed by atoms with Gasteiger partial charge in [0, 0.05) is 33.8 Å². The van der Waals surface area contributed by atoms with Crippen molar-refractivity contribution in [3.8, 4) is 11.4 Å². The number of benzene rings is 1. The third-order valence-electron chi connectivity index (χ3n) is 4.46. The standard InChI is InChI=1S/C18H15Br2N5O3/c19-12-2-3-13(20)14(7-12)22-15-4-1-10(8-21-15)16-23-17(28-24-16)11-5-6-25(9-11)18(26)27/h1-4,7-8,11H,5-6,9H2,(H,21,22)(H,26,27)/t11-/m1/s1. The van der Waals surface area contributed by atoms with Gasteiger partial charge >= 0.3 is 6.09 Å². The largest absolute Gasteiger partial charge is 0.465 e. The maximum absolute atomic E-state index is 11.0. The van der Waals surface area contributed by atoms with Crippen molar-refractivity contribution < 1.29 is 14.4 Å². The maximum atomic E-state index is 11.0. The monoisotopic (exact) mass is 507 g/mol. The van der Waals surface area contributed by atoms with Gasteiger partial charge in [-0.15, -0.1) is 0 Å². The number of nitrogens with zero attached hydrogens (tertiary/aromatic N) is 4. The minimum atomic E-state index is -0.924. The van der Waals surface area contributed by atoms with E-state index >= 15 is 0 Å². The van der Waals surface area contributed by atoms with E-state index < -0.39 is 6.09 Å². The molecule has 0 saturated carbocycles. The molecule has 8 nitrogen and oxygen atoms in total. The molecule has 1 amide bonds. The molecule has 0 spiro atoms. The lowest BCUT2D eigenvalue weighted by Gasteiger charge is -2.09. The summed E-state index contributed by atoms with van der Waals surface area (Å²) < 4.78 is 7.24. The summed E-state index contributed by atoms with van der Waals surface area (Å²) in [6, 6.07) is 9.53. The smallest absolute Gasteiger partial charge is 0.407 e. The number of rotatable bonds is 4. The minimum Gasteiger partial charge on any atom is -0.465 e. The first-order valence-electron chi connectivity index (χ1n) is 8.49. The van der Waals surface area contributed by atoms with Gasteiger partial charge in [0.25, 0.3) is 0 Å². The number of anilines is 2. The van der Waals surface area contributed by atoms with Crippen LogP contribution < -0.4 is 5.32 Å². The zero-order chi connectivity index (χ0) is 19.7. The first-order chi connectivity index (χ1) is 13.5. The second kappa shape index (κ2) is 7.88. The second-order valence-electron chi connectivity index (χ2n) is 6.35. The molecule has 28 heavy (non-hydrogen) atoms. The van der Waals surface area contributed by atoms with E-state index in [1.54, 1.807) is 6.20 Å². The Morgan fingerprint density at radius 3 is 2.86 bits per heavy atom. The van der Waals surface area contributed by atoms with Gasteiger partial charge in [0.2, 0.25) is 11.7 Å². The Morgan fingerprint density at radius 2 is 2.14 bits per heavy atom. The maximum Gasteiger partial charge on any atom is 0.407 e. The van der Waals surface area contributed by atoms with E-state index in [1.807, 2.05) is 30.3 Å². The number of carbonyl (C=O) groups is 1. The number of amides is 1. The average molecular weight is 509 g/mol. The van der Waals surface area contributed by atoms with Crippen molar-refractivity contribution in [2.45, 2.75) is 12.3 Å². The van der Waals surface area contributed by atoms with Crippen LogP contribution in [0.2, 0.25) is 0 Å². The lowest BCUT2D eigenvalue weighted by molar-refractivity contribution is 0.154. The fraction of sp³-hybridized carbons (Fsp3) is 0.222. The number of hydrogen-bond donors (Lipinski definition) is 2. The summed E-state index contributed by atoms with van der Waals surface area (Å²) in [5.41, 5.74) is 1.61. The highest BCUT2D eigenvalue weighted by Gasteiger charge is 2.31. The van der Waals surface area contributed by atoms with E-state index in [-0.39, 0.29) is 5.92 Å². The van der Waals surface area contributed by atoms with E-state index in [0.29, 0.717) is 37.0 Å². The molecule has 144 valence electrons. The predicted molar refractivity (Wildman–Crippen MR) is 110 cm³/mol. The lowest BCUT2D eigenvalue weighted by Crippen LogP contribution is -2.26. The molecule has 10 heteroatoms. The summed E-state index contributed by atoms with van der Waals surface area (Å²) in [6.45, 7) is 0.852. The van der Waals surface area contributed by atoms with Crippen molar-refractivity contribution in [1.82, 2.24) is 20.0 Å². The van der Waals surface area contributed by atoms with Crippen molar-refractivity contribution in [1.29, 1.82) is 0 Å². The van der Waals surface area contributed by atoms with Crippen LogP contribution in [0.3, 0.4) is 0 Å². The molecule has 1 aliphatic rings. The Hall–Kier alpha value is -2.46. The van der Waals surface area contributed by atoms with Gasteiger partial charge in [0.15, 0.2) is 0 Å². The third kappa shape index (κ3) is 4.02. The first kappa shape index (κ1) is 18.9.